The largest absolute Gasteiger partial charge is 0.460 e. The van der Waals surface area contributed by atoms with E-state index in [9.17, 15) is 61.9 Å². The van der Waals surface area contributed by atoms with Crippen LogP contribution in [0.25, 0.3) is 0 Å². The van der Waals surface area contributed by atoms with Crippen LogP contribution in [-0.2, 0) is 9.53 Å². The lowest BCUT2D eigenvalue weighted by Crippen LogP contribution is -2.69. The molecule has 0 spiro atoms. The number of rotatable bonds is 6. The fourth-order valence-electron chi connectivity index (χ4n) is 1.16. The molecular weight excluding hydrogens is 423 g/mol. The summed E-state index contributed by atoms with van der Waals surface area (Å²) in [5, 5.41) is 0. The molecule has 0 N–H and O–H groups in total. The molecule has 27 heavy (non-hydrogen) atoms. The Balaban J connectivity index is 5.98. The van der Waals surface area contributed by atoms with Gasteiger partial charge in [0.05, 0.1) is 0 Å². The summed E-state index contributed by atoms with van der Waals surface area (Å²) in [6.45, 7) is 1.32. The molecule has 0 aliphatic carbocycles. The van der Waals surface area contributed by atoms with Crippen LogP contribution < -0.4 is 0 Å². The first-order valence-corrected chi connectivity index (χ1v) is 5.95. The van der Waals surface area contributed by atoms with Crippen LogP contribution in [-0.4, -0.2) is 48.4 Å². The summed E-state index contributed by atoms with van der Waals surface area (Å²) in [5.41, 5.74) is 0. The molecule has 0 aliphatic rings. The molecular formula is C12H5F13O2. The van der Waals surface area contributed by atoms with Crippen molar-refractivity contribution in [1.82, 2.24) is 0 Å². The van der Waals surface area contributed by atoms with E-state index in [1.165, 1.54) is 0 Å². The lowest BCUT2D eigenvalue weighted by Gasteiger charge is -2.38. The minimum Gasteiger partial charge on any atom is -0.449 e. The van der Waals surface area contributed by atoms with Crippen molar-refractivity contribution in [1.29, 1.82) is 0 Å². The molecule has 15 heteroatoms. The Morgan fingerprint density at radius 1 is 0.778 bits per heavy atom. The lowest BCUT2D eigenvalue weighted by molar-refractivity contribution is -0.435. The predicted octanol–water partition coefficient (Wildman–Crippen LogP) is 4.46. The smallest absolute Gasteiger partial charge is 0.449 e. The normalized spacial score (nSPS) is 14.3. The maximum Gasteiger partial charge on any atom is 0.460 e. The van der Waals surface area contributed by atoms with E-state index in [1.54, 1.807) is 0 Å². The molecule has 0 saturated carbocycles. The van der Waals surface area contributed by atoms with Crippen molar-refractivity contribution < 1.29 is 66.6 Å². The third-order valence-corrected chi connectivity index (χ3v) is 2.63. The van der Waals surface area contributed by atoms with Crippen LogP contribution in [0.5, 0.6) is 0 Å². The van der Waals surface area contributed by atoms with Gasteiger partial charge in [-0.3, -0.25) is 0 Å². The molecule has 0 rings (SSSR count). The SMILES string of the molecule is C=CC(=O)OCC#CC(F)(F)C(F)(F)C(F)(F)C(F)(F)C(F)(F)C(F)(F)F. The number of carbonyl (C=O) groups excluding carboxylic acids is 1. The Hall–Kier alpha value is -2.14. The minimum atomic E-state index is -7.98. The summed E-state index contributed by atoms with van der Waals surface area (Å²) >= 11 is 0. The molecule has 0 heterocycles. The summed E-state index contributed by atoms with van der Waals surface area (Å²) in [4.78, 5) is 10.5. The minimum absolute atomic E-state index is 0.0372. The molecule has 0 radical (unpaired) electrons. The molecule has 2 nitrogen and oxygen atoms in total. The molecule has 0 aromatic heterocycles. The summed E-state index contributed by atoms with van der Waals surface area (Å²) in [6, 6.07) is 0. The molecule has 0 unspecified atom stereocenters. The zero-order valence-corrected chi connectivity index (χ0v) is 12.2. The second-order valence-electron chi connectivity index (χ2n) is 4.48. The van der Waals surface area contributed by atoms with Gasteiger partial charge in [0.2, 0.25) is 0 Å². The number of alkyl halides is 13. The summed E-state index contributed by atoms with van der Waals surface area (Å²) < 4.78 is 169. The van der Waals surface area contributed by atoms with Crippen molar-refractivity contribution in [3.63, 3.8) is 0 Å². The van der Waals surface area contributed by atoms with Crippen LogP contribution in [0, 0.1) is 11.8 Å². The average molecular weight is 428 g/mol. The van der Waals surface area contributed by atoms with E-state index in [-0.39, 0.29) is 5.92 Å². The molecule has 0 aliphatic heterocycles. The first-order valence-electron chi connectivity index (χ1n) is 5.95. The molecule has 0 amide bonds. The van der Waals surface area contributed by atoms with Crippen LogP contribution in [0.4, 0.5) is 57.1 Å². The standard InChI is InChI=1S/C12H5F13O2/c1-2-6(26)27-5-3-4-7(13,14)8(15,16)9(17,18)10(19,20)11(21,22)12(23,24)25/h2H,1,5H2. The molecule has 156 valence electrons. The fraction of sp³-hybridized carbons (Fsp3) is 0.583. The maximum atomic E-state index is 13.1. The Morgan fingerprint density at radius 2 is 1.19 bits per heavy atom. The monoisotopic (exact) mass is 428 g/mol. The Labute approximate surface area is 140 Å². The topological polar surface area (TPSA) is 26.3 Å². The number of hydrogen-bond acceptors (Lipinski definition) is 2. The van der Waals surface area contributed by atoms with Crippen LogP contribution in [0.15, 0.2) is 12.7 Å². The van der Waals surface area contributed by atoms with Gasteiger partial charge in [-0.2, -0.15) is 57.1 Å². The predicted molar refractivity (Wildman–Crippen MR) is 59.7 cm³/mol. The van der Waals surface area contributed by atoms with E-state index in [0.29, 0.717) is 6.08 Å². The van der Waals surface area contributed by atoms with Crippen molar-refractivity contribution in [3.8, 4) is 11.8 Å². The van der Waals surface area contributed by atoms with Gasteiger partial charge in [0, 0.05) is 6.08 Å². The van der Waals surface area contributed by atoms with E-state index < -0.39 is 48.4 Å². The molecule has 0 bridgehead atoms. The van der Waals surface area contributed by atoms with E-state index in [0.717, 1.165) is 5.92 Å². The Morgan fingerprint density at radius 3 is 1.56 bits per heavy atom. The maximum absolute atomic E-state index is 13.1. The zero-order valence-electron chi connectivity index (χ0n) is 12.2. The van der Waals surface area contributed by atoms with Gasteiger partial charge in [-0.25, -0.2) is 4.79 Å². The highest BCUT2D eigenvalue weighted by Gasteiger charge is 2.90. The van der Waals surface area contributed by atoms with E-state index in [1.807, 2.05) is 0 Å². The van der Waals surface area contributed by atoms with Crippen LogP contribution >= 0.6 is 0 Å². The summed E-state index contributed by atoms with van der Waals surface area (Å²) in [6.07, 6.45) is -7.06. The van der Waals surface area contributed by atoms with Gasteiger partial charge >= 0.3 is 41.8 Å². The van der Waals surface area contributed by atoms with Crippen molar-refractivity contribution in [3.05, 3.63) is 12.7 Å². The van der Waals surface area contributed by atoms with Gasteiger partial charge in [-0.05, 0) is 5.92 Å². The van der Waals surface area contributed by atoms with Gasteiger partial charge in [0.1, 0.15) is 0 Å². The van der Waals surface area contributed by atoms with Gasteiger partial charge in [-0.1, -0.05) is 12.5 Å². The zero-order chi connectivity index (χ0) is 22.1. The summed E-state index contributed by atoms with van der Waals surface area (Å²) in [5.74, 6) is -38.3. The lowest BCUT2D eigenvalue weighted by atomic mass is 9.94. The molecule has 0 fully saturated rings. The quantitative estimate of drug-likeness (QED) is 0.271. The van der Waals surface area contributed by atoms with Crippen molar-refractivity contribution >= 4 is 5.97 Å². The van der Waals surface area contributed by atoms with E-state index in [2.05, 4.69) is 11.3 Å². The molecule has 0 atom stereocenters. The Kier molecular flexibility index (Phi) is 6.55. The number of esters is 1. The highest BCUT2D eigenvalue weighted by atomic mass is 19.4. The number of halogens is 13. The number of ether oxygens (including phenoxy) is 1. The second kappa shape index (κ2) is 7.12. The highest BCUT2D eigenvalue weighted by molar-refractivity contribution is 5.81. The van der Waals surface area contributed by atoms with E-state index in [4.69, 9.17) is 0 Å². The molecule has 0 saturated heterocycles. The third kappa shape index (κ3) is 4.08. The van der Waals surface area contributed by atoms with Crippen molar-refractivity contribution in [2.75, 3.05) is 6.61 Å². The van der Waals surface area contributed by atoms with E-state index >= 15 is 0 Å². The van der Waals surface area contributed by atoms with Gasteiger partial charge in [0.15, 0.2) is 6.61 Å². The summed E-state index contributed by atoms with van der Waals surface area (Å²) in [7, 11) is 0. The van der Waals surface area contributed by atoms with Crippen LogP contribution in [0.1, 0.15) is 0 Å². The van der Waals surface area contributed by atoms with Crippen molar-refractivity contribution in [2.45, 2.75) is 35.8 Å². The molecule has 0 aromatic carbocycles. The van der Waals surface area contributed by atoms with Crippen LogP contribution in [0.2, 0.25) is 0 Å². The van der Waals surface area contributed by atoms with Crippen LogP contribution in [0.3, 0.4) is 0 Å². The third-order valence-electron chi connectivity index (χ3n) is 2.63. The highest BCUT2D eigenvalue weighted by Crippen LogP contribution is 2.60. The van der Waals surface area contributed by atoms with Gasteiger partial charge in [0.25, 0.3) is 0 Å². The second-order valence-corrected chi connectivity index (χ2v) is 4.48. The van der Waals surface area contributed by atoms with Gasteiger partial charge in [-0.15, -0.1) is 0 Å². The average Bonchev–Trinajstić information content (AvgIpc) is 2.49. The first kappa shape index (κ1) is 24.9. The number of carbonyl (C=O) groups is 1. The van der Waals surface area contributed by atoms with Crippen molar-refractivity contribution in [2.24, 2.45) is 0 Å². The molecule has 0 aromatic rings. The Bertz CT molecular complexity index is 636. The first-order chi connectivity index (χ1) is 11.7. The number of hydrogen-bond donors (Lipinski definition) is 0. The fourth-order valence-corrected chi connectivity index (χ4v) is 1.16. The van der Waals surface area contributed by atoms with Gasteiger partial charge < -0.3 is 4.74 Å².